The second-order valence-corrected chi connectivity index (χ2v) is 5.97. The fourth-order valence-corrected chi connectivity index (χ4v) is 3.05. The molecule has 1 fully saturated rings. The van der Waals surface area contributed by atoms with Crippen LogP contribution >= 0.6 is 0 Å². The van der Waals surface area contributed by atoms with E-state index in [0.29, 0.717) is 26.1 Å². The molecule has 2 amide bonds. The number of anilines is 2. The van der Waals surface area contributed by atoms with E-state index < -0.39 is 0 Å². The highest BCUT2D eigenvalue weighted by Crippen LogP contribution is 2.32. The zero-order valence-electron chi connectivity index (χ0n) is 13.5. The quantitative estimate of drug-likeness (QED) is 0.865. The molecule has 1 aromatic rings. The van der Waals surface area contributed by atoms with E-state index in [9.17, 15) is 9.59 Å². The van der Waals surface area contributed by atoms with E-state index in [1.807, 2.05) is 18.2 Å². The predicted molar refractivity (Wildman–Crippen MR) is 88.8 cm³/mol. The van der Waals surface area contributed by atoms with Crippen LogP contribution in [0.2, 0.25) is 0 Å². The standard InChI is InChI=1S/C17H23N3O3/c1-2-3-11-23-17(22)20-9-7-19(8-10-20)15-6-4-5-14-13(15)12-16(21)18-14/h4-6H,2-3,7-12H2,1H3,(H,18,21). The van der Waals surface area contributed by atoms with Crippen molar-refractivity contribution < 1.29 is 14.3 Å². The van der Waals surface area contributed by atoms with Gasteiger partial charge in [0.15, 0.2) is 0 Å². The summed E-state index contributed by atoms with van der Waals surface area (Å²) in [7, 11) is 0. The summed E-state index contributed by atoms with van der Waals surface area (Å²) >= 11 is 0. The topological polar surface area (TPSA) is 61.9 Å². The number of ether oxygens (including phenoxy) is 1. The van der Waals surface area contributed by atoms with Crippen LogP contribution in [0.3, 0.4) is 0 Å². The molecule has 1 N–H and O–H groups in total. The van der Waals surface area contributed by atoms with Gasteiger partial charge < -0.3 is 19.9 Å². The zero-order valence-corrected chi connectivity index (χ0v) is 13.5. The van der Waals surface area contributed by atoms with Crippen molar-refractivity contribution in [2.45, 2.75) is 26.2 Å². The lowest BCUT2D eigenvalue weighted by Gasteiger charge is -2.36. The van der Waals surface area contributed by atoms with Gasteiger partial charge in [-0.1, -0.05) is 19.4 Å². The number of nitrogens with zero attached hydrogens (tertiary/aromatic N) is 2. The molecule has 3 rings (SSSR count). The number of rotatable bonds is 4. The molecule has 0 aromatic heterocycles. The summed E-state index contributed by atoms with van der Waals surface area (Å²) in [5.41, 5.74) is 3.07. The summed E-state index contributed by atoms with van der Waals surface area (Å²) in [6, 6.07) is 5.95. The Labute approximate surface area is 136 Å². The maximum atomic E-state index is 12.0. The Kier molecular flexibility index (Phi) is 4.69. The Morgan fingerprint density at radius 2 is 2.04 bits per heavy atom. The molecule has 2 aliphatic heterocycles. The summed E-state index contributed by atoms with van der Waals surface area (Å²) in [6.07, 6.45) is 2.15. The predicted octanol–water partition coefficient (Wildman–Crippen LogP) is 2.24. The smallest absolute Gasteiger partial charge is 0.409 e. The molecule has 6 nitrogen and oxygen atoms in total. The van der Waals surface area contributed by atoms with E-state index in [2.05, 4.69) is 17.1 Å². The van der Waals surface area contributed by atoms with Crippen LogP contribution in [0.4, 0.5) is 16.2 Å². The lowest BCUT2D eigenvalue weighted by molar-refractivity contribution is -0.115. The van der Waals surface area contributed by atoms with Crippen LogP contribution in [-0.4, -0.2) is 49.7 Å². The van der Waals surface area contributed by atoms with Gasteiger partial charge >= 0.3 is 6.09 Å². The molecule has 6 heteroatoms. The number of carbonyl (C=O) groups is 2. The molecule has 124 valence electrons. The summed E-state index contributed by atoms with van der Waals surface area (Å²) in [5, 5.41) is 2.88. The molecular weight excluding hydrogens is 294 g/mol. The minimum atomic E-state index is -0.215. The van der Waals surface area contributed by atoms with Crippen molar-refractivity contribution in [3.63, 3.8) is 0 Å². The fourth-order valence-electron chi connectivity index (χ4n) is 3.05. The van der Waals surface area contributed by atoms with Gasteiger partial charge in [-0.3, -0.25) is 4.79 Å². The highest BCUT2D eigenvalue weighted by Gasteiger charge is 2.27. The van der Waals surface area contributed by atoms with Crippen molar-refractivity contribution in [2.75, 3.05) is 43.0 Å². The molecule has 23 heavy (non-hydrogen) atoms. The molecule has 0 saturated carbocycles. The van der Waals surface area contributed by atoms with Crippen LogP contribution in [0, 0.1) is 0 Å². The van der Waals surface area contributed by atoms with Gasteiger partial charge in [0.2, 0.25) is 5.91 Å². The maximum Gasteiger partial charge on any atom is 0.409 e. The minimum Gasteiger partial charge on any atom is -0.449 e. The number of hydrogen-bond donors (Lipinski definition) is 1. The van der Waals surface area contributed by atoms with E-state index >= 15 is 0 Å². The van der Waals surface area contributed by atoms with E-state index in [1.54, 1.807) is 4.90 Å². The van der Waals surface area contributed by atoms with Gasteiger partial charge in [0.25, 0.3) is 0 Å². The second kappa shape index (κ2) is 6.89. The lowest BCUT2D eigenvalue weighted by Crippen LogP contribution is -2.49. The molecule has 1 aromatic carbocycles. The van der Waals surface area contributed by atoms with Gasteiger partial charge in [0, 0.05) is 43.1 Å². The van der Waals surface area contributed by atoms with Crippen LogP contribution < -0.4 is 10.2 Å². The van der Waals surface area contributed by atoms with Gasteiger partial charge in [-0.2, -0.15) is 0 Å². The maximum absolute atomic E-state index is 12.0. The van der Waals surface area contributed by atoms with Crippen molar-refractivity contribution in [3.05, 3.63) is 23.8 Å². The highest BCUT2D eigenvalue weighted by molar-refractivity contribution is 6.01. The number of hydrogen-bond acceptors (Lipinski definition) is 4. The van der Waals surface area contributed by atoms with E-state index in [4.69, 9.17) is 4.74 Å². The average Bonchev–Trinajstić information content (AvgIpc) is 2.95. The number of amides is 2. The van der Waals surface area contributed by atoms with Crippen molar-refractivity contribution in [2.24, 2.45) is 0 Å². The molecule has 2 heterocycles. The van der Waals surface area contributed by atoms with Crippen molar-refractivity contribution in [3.8, 4) is 0 Å². The first-order chi connectivity index (χ1) is 11.2. The molecular formula is C17H23N3O3. The van der Waals surface area contributed by atoms with Crippen molar-refractivity contribution in [1.29, 1.82) is 0 Å². The van der Waals surface area contributed by atoms with Crippen molar-refractivity contribution >= 4 is 23.4 Å². The summed E-state index contributed by atoms with van der Waals surface area (Å²) in [6.45, 7) is 5.38. The Morgan fingerprint density at radius 1 is 1.26 bits per heavy atom. The van der Waals surface area contributed by atoms with Crippen LogP contribution in [0.1, 0.15) is 25.3 Å². The molecule has 0 atom stereocenters. The van der Waals surface area contributed by atoms with Gasteiger partial charge in [-0.25, -0.2) is 4.79 Å². The molecule has 1 saturated heterocycles. The van der Waals surface area contributed by atoms with E-state index in [1.165, 1.54) is 0 Å². The Balaban J connectivity index is 1.59. The van der Waals surface area contributed by atoms with Gasteiger partial charge in [0.05, 0.1) is 13.0 Å². The molecule has 0 spiro atoms. The number of benzene rings is 1. The largest absolute Gasteiger partial charge is 0.449 e. The number of piperazine rings is 1. The van der Waals surface area contributed by atoms with E-state index in [0.717, 1.165) is 42.9 Å². The zero-order chi connectivity index (χ0) is 16.2. The van der Waals surface area contributed by atoms with Crippen molar-refractivity contribution in [1.82, 2.24) is 4.90 Å². The molecule has 0 radical (unpaired) electrons. The third-order valence-corrected chi connectivity index (χ3v) is 4.36. The van der Waals surface area contributed by atoms with Crippen LogP contribution in [0.5, 0.6) is 0 Å². The Hall–Kier alpha value is -2.24. The number of unbranched alkanes of at least 4 members (excludes halogenated alkanes) is 1. The van der Waals surface area contributed by atoms with Crippen LogP contribution in [0.25, 0.3) is 0 Å². The summed E-state index contributed by atoms with van der Waals surface area (Å²) in [5.74, 6) is 0.0468. The minimum absolute atomic E-state index is 0.0468. The summed E-state index contributed by atoms with van der Waals surface area (Å²) in [4.78, 5) is 27.6. The fraction of sp³-hybridized carbons (Fsp3) is 0.529. The normalized spacial score (nSPS) is 17.0. The van der Waals surface area contributed by atoms with Gasteiger partial charge in [0.1, 0.15) is 0 Å². The second-order valence-electron chi connectivity index (χ2n) is 5.97. The molecule has 2 aliphatic rings. The number of fused-ring (bicyclic) bond motifs is 1. The van der Waals surface area contributed by atoms with Crippen LogP contribution in [0.15, 0.2) is 18.2 Å². The Bertz CT molecular complexity index is 595. The molecule has 0 bridgehead atoms. The lowest BCUT2D eigenvalue weighted by atomic mass is 10.1. The average molecular weight is 317 g/mol. The molecule has 0 unspecified atom stereocenters. The third kappa shape index (κ3) is 3.41. The number of carbonyl (C=O) groups excluding carboxylic acids is 2. The number of nitrogens with one attached hydrogen (secondary N) is 1. The van der Waals surface area contributed by atoms with E-state index in [-0.39, 0.29) is 12.0 Å². The first-order valence-electron chi connectivity index (χ1n) is 8.27. The monoisotopic (exact) mass is 317 g/mol. The third-order valence-electron chi connectivity index (χ3n) is 4.36. The Morgan fingerprint density at radius 3 is 2.78 bits per heavy atom. The highest BCUT2D eigenvalue weighted by atomic mass is 16.6. The SMILES string of the molecule is CCCCOC(=O)N1CCN(c2cccc3c2CC(=O)N3)CC1. The first kappa shape index (κ1) is 15.6. The summed E-state index contributed by atoms with van der Waals surface area (Å²) < 4.78 is 5.26. The van der Waals surface area contributed by atoms with Crippen LogP contribution in [-0.2, 0) is 16.0 Å². The van der Waals surface area contributed by atoms with Gasteiger partial charge in [-0.15, -0.1) is 0 Å². The first-order valence-corrected chi connectivity index (χ1v) is 8.27. The molecule has 0 aliphatic carbocycles. The van der Waals surface area contributed by atoms with Gasteiger partial charge in [-0.05, 0) is 18.6 Å².